The predicted molar refractivity (Wildman–Crippen MR) is 107 cm³/mol. The van der Waals surface area contributed by atoms with Crippen molar-refractivity contribution in [1.82, 2.24) is 9.78 Å². The van der Waals surface area contributed by atoms with Gasteiger partial charge in [-0.1, -0.05) is 24.3 Å². The number of Topliss-reactive ketones (excluding diaryl/α,β-unsaturated/α-hetero) is 1. The molecule has 0 amide bonds. The van der Waals surface area contributed by atoms with E-state index in [0.29, 0.717) is 16.3 Å². The van der Waals surface area contributed by atoms with Gasteiger partial charge in [-0.15, -0.1) is 0 Å². The van der Waals surface area contributed by atoms with Gasteiger partial charge in [-0.25, -0.2) is 9.48 Å². The van der Waals surface area contributed by atoms with Gasteiger partial charge in [0, 0.05) is 18.0 Å². The summed E-state index contributed by atoms with van der Waals surface area (Å²) in [6.45, 7) is 7.23. The molecule has 3 aromatic rings. The molecule has 0 saturated carbocycles. The maximum Gasteiger partial charge on any atom is 0.359 e. The van der Waals surface area contributed by atoms with Crippen molar-refractivity contribution in [2.24, 2.45) is 7.05 Å². The fourth-order valence-electron chi connectivity index (χ4n) is 3.65. The van der Waals surface area contributed by atoms with Crippen LogP contribution in [0.15, 0.2) is 35.1 Å². The lowest BCUT2D eigenvalue weighted by Crippen LogP contribution is -2.24. The number of carbonyl (C=O) groups is 2. The van der Waals surface area contributed by atoms with E-state index in [0.717, 1.165) is 26.9 Å². The van der Waals surface area contributed by atoms with Crippen LogP contribution in [0.4, 0.5) is 0 Å². The summed E-state index contributed by atoms with van der Waals surface area (Å²) in [5.41, 5.74) is 3.95. The fourth-order valence-corrected chi connectivity index (χ4v) is 3.65. The van der Waals surface area contributed by atoms with Crippen molar-refractivity contribution in [2.75, 3.05) is 0 Å². The van der Waals surface area contributed by atoms with Gasteiger partial charge in [0.15, 0.2) is 11.5 Å². The second-order valence-corrected chi connectivity index (χ2v) is 6.94. The molecule has 0 spiro atoms. The Kier molecular flexibility index (Phi) is 5.14. The quantitative estimate of drug-likeness (QED) is 0.513. The van der Waals surface area contributed by atoms with Gasteiger partial charge in [0.25, 0.3) is 5.56 Å². The van der Waals surface area contributed by atoms with Gasteiger partial charge in [0.2, 0.25) is 0 Å². The minimum atomic E-state index is -0.615. The van der Waals surface area contributed by atoms with Gasteiger partial charge in [-0.2, -0.15) is 5.10 Å². The van der Waals surface area contributed by atoms with E-state index in [-0.39, 0.29) is 23.6 Å². The van der Waals surface area contributed by atoms with Gasteiger partial charge in [0.05, 0.1) is 5.39 Å². The maximum absolute atomic E-state index is 12.7. The van der Waals surface area contributed by atoms with Gasteiger partial charge in [-0.3, -0.25) is 9.59 Å². The highest BCUT2D eigenvalue weighted by Crippen LogP contribution is 2.24. The van der Waals surface area contributed by atoms with Crippen LogP contribution in [0.3, 0.4) is 0 Å². The molecule has 0 saturated heterocycles. The van der Waals surface area contributed by atoms with Crippen LogP contribution in [-0.2, 0) is 18.4 Å². The summed E-state index contributed by atoms with van der Waals surface area (Å²) < 4.78 is 6.66. The smallest absolute Gasteiger partial charge is 0.359 e. The number of aromatic nitrogens is 2. The van der Waals surface area contributed by atoms with Crippen molar-refractivity contribution in [1.29, 1.82) is 0 Å². The van der Waals surface area contributed by atoms with Crippen LogP contribution in [0.5, 0.6) is 0 Å². The van der Waals surface area contributed by atoms with Crippen molar-refractivity contribution in [3.8, 4) is 0 Å². The van der Waals surface area contributed by atoms with E-state index >= 15 is 0 Å². The second-order valence-electron chi connectivity index (χ2n) is 6.94. The summed E-state index contributed by atoms with van der Waals surface area (Å²) in [5.74, 6) is -0.635. The first-order valence-electron chi connectivity index (χ1n) is 8.96. The topological polar surface area (TPSA) is 78.3 Å². The molecule has 0 unspecified atom stereocenters. The van der Waals surface area contributed by atoms with E-state index < -0.39 is 5.97 Å². The normalized spacial score (nSPS) is 10.9. The molecule has 1 aromatic heterocycles. The Morgan fingerprint density at radius 1 is 1.07 bits per heavy atom. The zero-order valence-corrected chi connectivity index (χ0v) is 16.6. The van der Waals surface area contributed by atoms with Gasteiger partial charge in [-0.05, 0) is 56.0 Å². The molecule has 0 radical (unpaired) electrons. The second kappa shape index (κ2) is 7.38. The highest BCUT2D eigenvalue weighted by Gasteiger charge is 2.19. The minimum absolute atomic E-state index is 0.0201. The van der Waals surface area contributed by atoms with Crippen molar-refractivity contribution in [3.05, 3.63) is 74.2 Å². The van der Waals surface area contributed by atoms with Crippen molar-refractivity contribution in [2.45, 2.75) is 34.3 Å². The van der Waals surface area contributed by atoms with Crippen LogP contribution in [0.1, 0.15) is 50.0 Å². The number of esters is 1. The average Bonchev–Trinajstić information content (AvgIpc) is 2.63. The van der Waals surface area contributed by atoms with E-state index in [2.05, 4.69) is 5.10 Å². The molecule has 6 nitrogen and oxygen atoms in total. The third kappa shape index (κ3) is 3.33. The lowest BCUT2D eigenvalue weighted by atomic mass is 9.92. The third-order valence-corrected chi connectivity index (χ3v) is 4.98. The van der Waals surface area contributed by atoms with E-state index in [4.69, 9.17) is 4.74 Å². The molecule has 0 fully saturated rings. The standard InChI is InChI=1S/C22H22N2O4/c1-12-10-13(2)19(15(4)25)14(3)18(12)11-28-22(27)20-16-8-6-7-9-17(16)21(26)24(5)23-20/h6-10H,11H2,1-5H3. The number of aryl methyl sites for hydroxylation is 3. The zero-order chi connectivity index (χ0) is 20.6. The first-order valence-corrected chi connectivity index (χ1v) is 8.96. The zero-order valence-electron chi connectivity index (χ0n) is 16.6. The molecule has 144 valence electrons. The fraction of sp³-hybridized carbons (Fsp3) is 0.273. The molecule has 28 heavy (non-hydrogen) atoms. The van der Waals surface area contributed by atoms with Gasteiger partial charge >= 0.3 is 5.97 Å². The van der Waals surface area contributed by atoms with Crippen LogP contribution in [0.25, 0.3) is 10.8 Å². The number of fused-ring (bicyclic) bond motifs is 1. The van der Waals surface area contributed by atoms with E-state index in [1.165, 1.54) is 14.0 Å². The minimum Gasteiger partial charge on any atom is -0.456 e. The van der Waals surface area contributed by atoms with E-state index in [1.807, 2.05) is 26.8 Å². The first kappa shape index (κ1) is 19.5. The molecule has 6 heteroatoms. The largest absolute Gasteiger partial charge is 0.456 e. The van der Waals surface area contributed by atoms with Crippen molar-refractivity contribution < 1.29 is 14.3 Å². The van der Waals surface area contributed by atoms with Gasteiger partial charge < -0.3 is 4.74 Å². The molecule has 0 atom stereocenters. The van der Waals surface area contributed by atoms with E-state index in [1.54, 1.807) is 24.3 Å². The molecule has 1 heterocycles. The predicted octanol–water partition coefficient (Wildman–Crippen LogP) is 3.42. The summed E-state index contributed by atoms with van der Waals surface area (Å²) in [6.07, 6.45) is 0. The van der Waals surface area contributed by atoms with Gasteiger partial charge in [0.1, 0.15) is 6.61 Å². The summed E-state index contributed by atoms with van der Waals surface area (Å²) in [7, 11) is 1.50. The number of carbonyl (C=O) groups excluding carboxylic acids is 2. The summed E-state index contributed by atoms with van der Waals surface area (Å²) >= 11 is 0. The number of rotatable bonds is 4. The Labute approximate surface area is 162 Å². The molecule has 3 rings (SSSR count). The molecule has 0 N–H and O–H groups in total. The first-order chi connectivity index (χ1) is 13.2. The number of benzene rings is 2. The highest BCUT2D eigenvalue weighted by molar-refractivity contribution is 6.02. The van der Waals surface area contributed by atoms with Crippen molar-refractivity contribution in [3.63, 3.8) is 0 Å². The average molecular weight is 378 g/mol. The van der Waals surface area contributed by atoms with Crippen LogP contribution < -0.4 is 5.56 Å². The molecule has 2 aromatic carbocycles. The number of hydrogen-bond donors (Lipinski definition) is 0. The molecular weight excluding hydrogens is 356 g/mol. The Bertz CT molecular complexity index is 1180. The highest BCUT2D eigenvalue weighted by atomic mass is 16.5. The Hall–Kier alpha value is -3.28. The monoisotopic (exact) mass is 378 g/mol. The Morgan fingerprint density at radius 2 is 1.71 bits per heavy atom. The van der Waals surface area contributed by atoms with Crippen LogP contribution in [0, 0.1) is 20.8 Å². The summed E-state index contributed by atoms with van der Waals surface area (Å²) in [4.78, 5) is 36.9. The molecular formula is C22H22N2O4. The maximum atomic E-state index is 12.7. The van der Waals surface area contributed by atoms with Crippen LogP contribution in [0.2, 0.25) is 0 Å². The number of nitrogens with zero attached hydrogens (tertiary/aromatic N) is 2. The molecule has 0 bridgehead atoms. The number of hydrogen-bond acceptors (Lipinski definition) is 5. The van der Waals surface area contributed by atoms with E-state index in [9.17, 15) is 14.4 Å². The van der Waals surface area contributed by atoms with Crippen LogP contribution in [-0.4, -0.2) is 21.5 Å². The lowest BCUT2D eigenvalue weighted by molar-refractivity contribution is 0.0464. The SMILES string of the molecule is CC(=O)c1c(C)cc(C)c(COC(=O)c2nn(C)c(=O)c3ccccc23)c1C. The molecule has 0 aliphatic carbocycles. The number of ketones is 1. The lowest BCUT2D eigenvalue weighted by Gasteiger charge is -2.16. The third-order valence-electron chi connectivity index (χ3n) is 4.98. The Balaban J connectivity index is 1.98. The molecule has 0 aliphatic heterocycles. The van der Waals surface area contributed by atoms with Crippen LogP contribution >= 0.6 is 0 Å². The van der Waals surface area contributed by atoms with Crippen molar-refractivity contribution >= 4 is 22.5 Å². The Morgan fingerprint density at radius 3 is 2.36 bits per heavy atom. The summed E-state index contributed by atoms with van der Waals surface area (Å²) in [5, 5.41) is 4.96. The number of ether oxygens (including phenoxy) is 1. The summed E-state index contributed by atoms with van der Waals surface area (Å²) in [6, 6.07) is 8.74. The molecule has 0 aliphatic rings.